The summed E-state index contributed by atoms with van der Waals surface area (Å²) in [6, 6.07) is 20.6. The van der Waals surface area contributed by atoms with E-state index in [0.29, 0.717) is 74.4 Å². The number of nitrogens with zero attached hydrogens (tertiary/aromatic N) is 4. The van der Waals surface area contributed by atoms with Crippen LogP contribution in [-0.2, 0) is 65.8 Å². The average molecular weight is 1130 g/mol. The molecule has 22 heteroatoms. The lowest BCUT2D eigenvalue weighted by molar-refractivity contribution is -0.135. The highest BCUT2D eigenvalue weighted by Gasteiger charge is 2.34. The molecule has 0 aliphatic carbocycles. The van der Waals surface area contributed by atoms with Gasteiger partial charge in [-0.2, -0.15) is 0 Å². The zero-order chi connectivity index (χ0) is 58.5. The second-order valence-electron chi connectivity index (χ2n) is 21.8. The van der Waals surface area contributed by atoms with Crippen LogP contribution in [-0.4, -0.2) is 140 Å². The molecule has 0 saturated carbocycles. The molecule has 6 aromatic rings. The molecule has 4 heterocycles. The molecule has 22 nitrogen and oxygen atoms in total. The van der Waals surface area contributed by atoms with Crippen molar-refractivity contribution in [2.24, 2.45) is 23.1 Å². The molecule has 14 N–H and O–H groups in total. The van der Waals surface area contributed by atoms with Crippen LogP contribution < -0.4 is 49.1 Å². The Kier molecular flexibility index (Phi) is 23.1. The number of nitrogens with two attached hydrogens (primary N) is 3. The van der Waals surface area contributed by atoms with Gasteiger partial charge >= 0.3 is 0 Å². The van der Waals surface area contributed by atoms with Crippen molar-refractivity contribution in [3.05, 3.63) is 120 Å². The number of primary amides is 1. The summed E-state index contributed by atoms with van der Waals surface area (Å²) in [5.74, 6) is -4.18. The highest BCUT2D eigenvalue weighted by molar-refractivity contribution is 5.97. The third-order valence-electron chi connectivity index (χ3n) is 15.0. The second-order valence-corrected chi connectivity index (χ2v) is 21.8. The summed E-state index contributed by atoms with van der Waals surface area (Å²) in [6.07, 6.45) is 7.49. The summed E-state index contributed by atoms with van der Waals surface area (Å²) < 4.78 is 1.69. The van der Waals surface area contributed by atoms with E-state index in [2.05, 4.69) is 52.2 Å². The van der Waals surface area contributed by atoms with Gasteiger partial charge in [-0.1, -0.05) is 92.7 Å². The molecule has 82 heavy (non-hydrogen) atoms. The number of amides is 7. The number of piperidine rings is 1. The van der Waals surface area contributed by atoms with Crippen LogP contribution in [0, 0.1) is 5.92 Å². The van der Waals surface area contributed by atoms with Crippen molar-refractivity contribution in [3.63, 3.8) is 0 Å². The summed E-state index contributed by atoms with van der Waals surface area (Å²) in [7, 11) is 0. The summed E-state index contributed by atoms with van der Waals surface area (Å²) in [4.78, 5) is 107. The number of para-hydroxylation sites is 2. The number of fused-ring (bicyclic) bond motifs is 2. The summed E-state index contributed by atoms with van der Waals surface area (Å²) in [5, 5.41) is 28.2. The van der Waals surface area contributed by atoms with Gasteiger partial charge in [0, 0.05) is 73.9 Å². The Morgan fingerprint density at radius 2 is 1.11 bits per heavy atom. The smallest absolute Gasteiger partial charge is 0.243 e. The number of hydrogen-bond donors (Lipinski definition) is 11. The van der Waals surface area contributed by atoms with Crippen molar-refractivity contribution < 1.29 is 33.6 Å². The zero-order valence-electron chi connectivity index (χ0n) is 47.5. The van der Waals surface area contributed by atoms with Crippen molar-refractivity contribution >= 4 is 63.2 Å². The number of carbonyl (C=O) groups is 7. The minimum Gasteiger partial charge on any atom is -0.368 e. The van der Waals surface area contributed by atoms with Crippen LogP contribution in [0.2, 0.25) is 0 Å². The molecule has 7 atom stereocenters. The van der Waals surface area contributed by atoms with Crippen LogP contribution in [0.4, 0.5) is 0 Å². The lowest BCUT2D eigenvalue weighted by Crippen LogP contribution is -2.60. The molecule has 7 rings (SSSR count). The Labute approximate surface area is 479 Å². The largest absolute Gasteiger partial charge is 0.368 e. The fourth-order valence-electron chi connectivity index (χ4n) is 10.3. The van der Waals surface area contributed by atoms with Crippen LogP contribution in [0.1, 0.15) is 101 Å². The highest BCUT2D eigenvalue weighted by atomic mass is 16.2. The minimum absolute atomic E-state index is 0.0145. The van der Waals surface area contributed by atoms with Crippen LogP contribution >= 0.6 is 0 Å². The Hall–Kier alpha value is -7.95. The third kappa shape index (κ3) is 18.0. The summed E-state index contributed by atoms with van der Waals surface area (Å²) >= 11 is 0. The minimum atomic E-state index is -1.28. The topological polar surface area (TPSA) is 335 Å². The van der Waals surface area contributed by atoms with E-state index in [0.717, 1.165) is 54.2 Å². The predicted molar refractivity (Wildman–Crippen MR) is 314 cm³/mol. The first-order valence-corrected chi connectivity index (χ1v) is 28.9. The van der Waals surface area contributed by atoms with Crippen LogP contribution in [0.3, 0.4) is 0 Å². The van der Waals surface area contributed by atoms with Crippen molar-refractivity contribution in [3.8, 4) is 0 Å². The van der Waals surface area contributed by atoms with E-state index >= 15 is 0 Å². The van der Waals surface area contributed by atoms with E-state index in [4.69, 9.17) is 17.2 Å². The first kappa shape index (κ1) is 61.7. The van der Waals surface area contributed by atoms with Gasteiger partial charge in [-0.15, -0.1) is 5.10 Å². The first-order chi connectivity index (χ1) is 39.6. The summed E-state index contributed by atoms with van der Waals surface area (Å²) in [5.41, 5.74) is 22.2. The molecule has 0 bridgehead atoms. The maximum atomic E-state index is 15.0. The lowest BCUT2D eigenvalue weighted by atomic mass is 10.0. The molecule has 3 aromatic heterocycles. The van der Waals surface area contributed by atoms with Gasteiger partial charge in [-0.05, 0) is 117 Å². The van der Waals surface area contributed by atoms with E-state index in [1.807, 2.05) is 96.9 Å². The standard InChI is InChI=1S/C60H83N15O7/c1-4-64-52(60(82)74-28-16-6-17-29-74)36-44-37-75(73-72-44)30-18-14-26-47(55(77)70-50(31-39-19-7-5-8-20-39)57(79)69-49(54(63)76)34-42-32-40-21-9-11-23-45(40)65-42)67-58(80)51(35-43-33-41-22-10-12-24-46(41)66-43)71-56(78)48(25-13-15-27-61)68-59(81)53(62)38(2)3/h5,7-12,19-24,32-33,37-38,47-53,64-66H,4,6,13-18,25-31,34-36,61-62H2,1-3H3,(H2,63,76)(H,67,80)(H,68,81)(H,69,79)(H,70,77)(H,71,78). The van der Waals surface area contributed by atoms with E-state index < -0.39 is 77.7 Å². The first-order valence-electron chi connectivity index (χ1n) is 28.9. The molecule has 3 aromatic carbocycles. The number of aromatic amines is 2. The number of benzene rings is 3. The van der Waals surface area contributed by atoms with Gasteiger partial charge in [0.05, 0.1) is 17.8 Å². The van der Waals surface area contributed by atoms with Crippen LogP contribution in [0.15, 0.2) is 97.2 Å². The van der Waals surface area contributed by atoms with E-state index in [1.54, 1.807) is 30.7 Å². The normalized spacial score (nSPS) is 15.2. The van der Waals surface area contributed by atoms with Gasteiger partial charge in [0.15, 0.2) is 0 Å². The Balaban J connectivity index is 1.14. The van der Waals surface area contributed by atoms with Crippen molar-refractivity contribution in [2.75, 3.05) is 26.2 Å². The third-order valence-corrected chi connectivity index (χ3v) is 15.0. The SMILES string of the molecule is CCNC(Cc1cn(CCCCC(NC(=O)C(Cc2cc3ccccc3[nH]2)NC(=O)C(CCCCN)NC(=O)C(N)C(C)C)C(=O)NC(Cc2ccccc2)C(=O)NC(Cc2cc3ccccc3[nH]2)C(N)=O)nn1)C(=O)N1CCCCC1. The molecular formula is C60H83N15O7. The molecule has 7 unspecified atom stereocenters. The monoisotopic (exact) mass is 1130 g/mol. The van der Waals surface area contributed by atoms with Gasteiger partial charge in [0.1, 0.15) is 30.2 Å². The predicted octanol–water partition coefficient (Wildman–Crippen LogP) is 2.69. The van der Waals surface area contributed by atoms with Gasteiger partial charge in [-0.3, -0.25) is 38.2 Å². The number of likely N-dealkylation sites (tertiary alicyclic amines) is 1. The quantitative estimate of drug-likeness (QED) is 0.0272. The van der Waals surface area contributed by atoms with Crippen LogP contribution in [0.5, 0.6) is 0 Å². The number of hydrogen-bond acceptors (Lipinski definition) is 12. The average Bonchev–Trinajstić information content (AvgIpc) is 4.33. The highest BCUT2D eigenvalue weighted by Crippen LogP contribution is 2.19. The molecule has 7 amide bonds. The number of carbonyl (C=O) groups excluding carboxylic acids is 7. The molecule has 0 radical (unpaired) electrons. The summed E-state index contributed by atoms with van der Waals surface area (Å²) in [6.45, 7) is 8.40. The molecular weight excluding hydrogens is 1040 g/mol. The molecule has 1 aliphatic heterocycles. The molecule has 440 valence electrons. The number of H-pyrrole nitrogens is 2. The van der Waals surface area contributed by atoms with E-state index in [-0.39, 0.29) is 43.9 Å². The van der Waals surface area contributed by atoms with E-state index in [1.165, 1.54) is 0 Å². The number of rotatable bonds is 32. The number of likely N-dealkylation sites (N-methyl/N-ethyl adjacent to an activating group) is 1. The Bertz CT molecular complexity index is 2990. The number of aryl methyl sites for hydroxylation is 1. The molecule has 1 aliphatic rings. The molecule has 0 spiro atoms. The van der Waals surface area contributed by atoms with Gasteiger partial charge < -0.3 is 64.0 Å². The Morgan fingerprint density at radius 1 is 0.598 bits per heavy atom. The van der Waals surface area contributed by atoms with Gasteiger partial charge in [0.2, 0.25) is 41.4 Å². The fourth-order valence-corrected chi connectivity index (χ4v) is 10.3. The van der Waals surface area contributed by atoms with Gasteiger partial charge in [0.25, 0.3) is 0 Å². The Morgan fingerprint density at radius 3 is 1.67 bits per heavy atom. The number of unbranched alkanes of at least 4 members (excludes halogenated alkanes) is 2. The van der Waals surface area contributed by atoms with Gasteiger partial charge in [-0.25, -0.2) is 0 Å². The van der Waals surface area contributed by atoms with Crippen molar-refractivity contribution in [2.45, 2.75) is 153 Å². The van der Waals surface area contributed by atoms with Crippen LogP contribution in [0.25, 0.3) is 21.8 Å². The zero-order valence-corrected chi connectivity index (χ0v) is 47.5. The van der Waals surface area contributed by atoms with Crippen molar-refractivity contribution in [1.29, 1.82) is 0 Å². The van der Waals surface area contributed by atoms with E-state index in [9.17, 15) is 33.6 Å². The second kappa shape index (κ2) is 30.8. The lowest BCUT2D eigenvalue weighted by Gasteiger charge is -2.30. The fraction of sp³-hybridized carbons (Fsp3) is 0.483. The molecule has 1 fully saturated rings. The molecule has 1 saturated heterocycles. The van der Waals surface area contributed by atoms with Crippen molar-refractivity contribution in [1.82, 2.24) is 61.8 Å². The maximum absolute atomic E-state index is 15.0. The number of aromatic nitrogens is 5. The number of nitrogens with one attached hydrogen (secondary N) is 8. The maximum Gasteiger partial charge on any atom is 0.243 e.